The standard InChI is InChI=1S/C14H12N2O5/c1-20-12-6-5-9(8-11(12)16(18)19)13-10(14(17)21-2)4-3-7-15-13/h3-8H,1-2H3. The van der Waals surface area contributed by atoms with Crippen molar-refractivity contribution in [2.45, 2.75) is 0 Å². The lowest BCUT2D eigenvalue weighted by atomic mass is 10.0. The van der Waals surface area contributed by atoms with Crippen LogP contribution in [0.4, 0.5) is 5.69 Å². The van der Waals surface area contributed by atoms with Crippen LogP contribution in [0.15, 0.2) is 36.5 Å². The van der Waals surface area contributed by atoms with Gasteiger partial charge >= 0.3 is 11.7 Å². The van der Waals surface area contributed by atoms with E-state index >= 15 is 0 Å². The van der Waals surface area contributed by atoms with E-state index in [-0.39, 0.29) is 17.0 Å². The summed E-state index contributed by atoms with van der Waals surface area (Å²) in [5, 5.41) is 11.1. The van der Waals surface area contributed by atoms with Gasteiger partial charge in [0.1, 0.15) is 0 Å². The molecule has 0 fully saturated rings. The fourth-order valence-electron chi connectivity index (χ4n) is 1.89. The van der Waals surface area contributed by atoms with E-state index in [1.165, 1.54) is 32.5 Å². The van der Waals surface area contributed by atoms with Crippen molar-refractivity contribution in [3.63, 3.8) is 0 Å². The molecule has 7 heteroatoms. The Morgan fingerprint density at radius 3 is 2.67 bits per heavy atom. The summed E-state index contributed by atoms with van der Waals surface area (Å²) in [4.78, 5) is 26.3. The molecular formula is C14H12N2O5. The van der Waals surface area contributed by atoms with Crippen LogP contribution in [0.2, 0.25) is 0 Å². The Hall–Kier alpha value is -2.96. The van der Waals surface area contributed by atoms with Gasteiger partial charge in [-0.3, -0.25) is 15.1 Å². The SMILES string of the molecule is COC(=O)c1cccnc1-c1ccc(OC)c([N+](=O)[O-])c1. The summed E-state index contributed by atoms with van der Waals surface area (Å²) in [5.41, 5.74) is 0.787. The third-order valence-corrected chi connectivity index (χ3v) is 2.86. The summed E-state index contributed by atoms with van der Waals surface area (Å²) < 4.78 is 9.63. The maximum Gasteiger partial charge on any atom is 0.340 e. The molecule has 0 radical (unpaired) electrons. The number of hydrogen-bond acceptors (Lipinski definition) is 6. The summed E-state index contributed by atoms with van der Waals surface area (Å²) in [6, 6.07) is 7.51. The number of esters is 1. The highest BCUT2D eigenvalue weighted by molar-refractivity contribution is 5.96. The Morgan fingerprint density at radius 2 is 2.05 bits per heavy atom. The molecule has 108 valence electrons. The Morgan fingerprint density at radius 1 is 1.29 bits per heavy atom. The fraction of sp³-hybridized carbons (Fsp3) is 0.143. The minimum absolute atomic E-state index is 0.138. The van der Waals surface area contributed by atoms with Gasteiger partial charge < -0.3 is 9.47 Å². The van der Waals surface area contributed by atoms with E-state index in [1.54, 1.807) is 18.2 Å². The largest absolute Gasteiger partial charge is 0.490 e. The van der Waals surface area contributed by atoms with Crippen molar-refractivity contribution in [2.75, 3.05) is 14.2 Å². The average Bonchev–Trinajstić information content (AvgIpc) is 2.53. The van der Waals surface area contributed by atoms with Gasteiger partial charge in [-0.1, -0.05) is 0 Å². The van der Waals surface area contributed by atoms with Crippen LogP contribution in [-0.2, 0) is 4.74 Å². The van der Waals surface area contributed by atoms with Crippen molar-refractivity contribution in [2.24, 2.45) is 0 Å². The fourth-order valence-corrected chi connectivity index (χ4v) is 1.89. The maximum absolute atomic E-state index is 11.7. The molecule has 2 rings (SSSR count). The summed E-state index contributed by atoms with van der Waals surface area (Å²) in [6.07, 6.45) is 1.50. The molecule has 1 aromatic heterocycles. The van der Waals surface area contributed by atoms with Crippen molar-refractivity contribution >= 4 is 11.7 Å². The zero-order valence-electron chi connectivity index (χ0n) is 11.4. The van der Waals surface area contributed by atoms with Crippen LogP contribution < -0.4 is 4.74 Å². The number of methoxy groups -OCH3 is 2. The number of nitro benzene ring substituents is 1. The van der Waals surface area contributed by atoms with Crippen LogP contribution in [0.25, 0.3) is 11.3 Å². The first-order valence-electron chi connectivity index (χ1n) is 5.94. The molecule has 1 heterocycles. The van der Waals surface area contributed by atoms with Crippen molar-refractivity contribution in [1.82, 2.24) is 4.98 Å². The van der Waals surface area contributed by atoms with Gasteiger partial charge in [-0.25, -0.2) is 4.79 Å². The van der Waals surface area contributed by atoms with Crippen LogP contribution in [0.1, 0.15) is 10.4 Å². The van der Waals surface area contributed by atoms with Gasteiger partial charge in [-0.15, -0.1) is 0 Å². The number of benzene rings is 1. The molecule has 0 aliphatic heterocycles. The zero-order chi connectivity index (χ0) is 15.4. The lowest BCUT2D eigenvalue weighted by Gasteiger charge is -2.08. The molecule has 7 nitrogen and oxygen atoms in total. The second-order valence-electron chi connectivity index (χ2n) is 4.03. The van der Waals surface area contributed by atoms with Gasteiger partial charge in [-0.2, -0.15) is 0 Å². The lowest BCUT2D eigenvalue weighted by molar-refractivity contribution is -0.385. The van der Waals surface area contributed by atoms with Gasteiger partial charge in [0.2, 0.25) is 0 Å². The second-order valence-corrected chi connectivity index (χ2v) is 4.03. The number of hydrogen-bond donors (Lipinski definition) is 0. The quantitative estimate of drug-likeness (QED) is 0.487. The molecule has 0 atom stereocenters. The first kappa shape index (κ1) is 14.4. The predicted octanol–water partition coefficient (Wildman–Crippen LogP) is 2.45. The van der Waals surface area contributed by atoms with Crippen LogP contribution in [0.3, 0.4) is 0 Å². The van der Waals surface area contributed by atoms with E-state index in [0.717, 1.165) is 0 Å². The lowest BCUT2D eigenvalue weighted by Crippen LogP contribution is -2.05. The maximum atomic E-state index is 11.7. The van der Waals surface area contributed by atoms with E-state index in [4.69, 9.17) is 4.74 Å². The number of pyridine rings is 1. The molecule has 0 amide bonds. The topological polar surface area (TPSA) is 91.6 Å². The van der Waals surface area contributed by atoms with Crippen molar-refractivity contribution in [3.8, 4) is 17.0 Å². The number of carbonyl (C=O) groups is 1. The molecule has 0 spiro atoms. The highest BCUT2D eigenvalue weighted by Crippen LogP contribution is 2.32. The van der Waals surface area contributed by atoms with Gasteiger partial charge in [-0.05, 0) is 24.3 Å². The summed E-state index contributed by atoms with van der Waals surface area (Å²) >= 11 is 0. The third kappa shape index (κ3) is 2.81. The summed E-state index contributed by atoms with van der Waals surface area (Å²) in [6.45, 7) is 0. The van der Waals surface area contributed by atoms with Gasteiger partial charge in [0.05, 0.1) is 30.4 Å². The average molecular weight is 288 g/mol. The van der Waals surface area contributed by atoms with Crippen LogP contribution in [0.5, 0.6) is 5.75 Å². The minimum atomic E-state index is -0.559. The van der Waals surface area contributed by atoms with Crippen LogP contribution in [-0.4, -0.2) is 30.1 Å². The van der Waals surface area contributed by atoms with E-state index in [1.807, 2.05) is 0 Å². The highest BCUT2D eigenvalue weighted by atomic mass is 16.6. The highest BCUT2D eigenvalue weighted by Gasteiger charge is 2.19. The number of rotatable bonds is 4. The molecule has 0 unspecified atom stereocenters. The van der Waals surface area contributed by atoms with E-state index in [0.29, 0.717) is 11.3 Å². The monoisotopic (exact) mass is 288 g/mol. The number of carbonyl (C=O) groups excluding carboxylic acids is 1. The van der Waals surface area contributed by atoms with E-state index in [9.17, 15) is 14.9 Å². The molecule has 0 saturated carbocycles. The molecule has 0 saturated heterocycles. The third-order valence-electron chi connectivity index (χ3n) is 2.86. The number of nitrogens with zero attached hydrogens (tertiary/aromatic N) is 2. The van der Waals surface area contributed by atoms with E-state index in [2.05, 4.69) is 9.72 Å². The van der Waals surface area contributed by atoms with Crippen molar-refractivity contribution in [3.05, 3.63) is 52.2 Å². The Bertz CT molecular complexity index is 700. The molecule has 0 aliphatic rings. The van der Waals surface area contributed by atoms with Crippen molar-refractivity contribution < 1.29 is 19.2 Å². The summed E-state index contributed by atoms with van der Waals surface area (Å²) in [5.74, 6) is -0.420. The minimum Gasteiger partial charge on any atom is -0.490 e. The normalized spacial score (nSPS) is 10.0. The van der Waals surface area contributed by atoms with Crippen molar-refractivity contribution in [1.29, 1.82) is 0 Å². The predicted molar refractivity (Wildman–Crippen MR) is 74.2 cm³/mol. The Labute approximate surface area is 120 Å². The Balaban J connectivity index is 2.60. The van der Waals surface area contributed by atoms with Gasteiger partial charge in [0, 0.05) is 17.8 Å². The number of ether oxygens (including phenoxy) is 2. The molecule has 21 heavy (non-hydrogen) atoms. The molecule has 0 bridgehead atoms. The second kappa shape index (κ2) is 6.00. The molecular weight excluding hydrogens is 276 g/mol. The molecule has 0 N–H and O–H groups in total. The smallest absolute Gasteiger partial charge is 0.340 e. The van der Waals surface area contributed by atoms with Crippen LogP contribution >= 0.6 is 0 Å². The molecule has 1 aromatic carbocycles. The number of nitro groups is 1. The zero-order valence-corrected chi connectivity index (χ0v) is 11.4. The number of aromatic nitrogens is 1. The first-order chi connectivity index (χ1) is 10.1. The van der Waals surface area contributed by atoms with Gasteiger partial charge in [0.15, 0.2) is 5.75 Å². The first-order valence-corrected chi connectivity index (χ1v) is 5.94. The Kier molecular flexibility index (Phi) is 4.13. The van der Waals surface area contributed by atoms with E-state index < -0.39 is 10.9 Å². The summed E-state index contributed by atoms with van der Waals surface area (Å²) in [7, 11) is 2.61. The molecule has 0 aliphatic carbocycles. The molecule has 2 aromatic rings. The van der Waals surface area contributed by atoms with Crippen LogP contribution in [0, 0.1) is 10.1 Å². The van der Waals surface area contributed by atoms with Gasteiger partial charge in [0.25, 0.3) is 0 Å².